The number of amides is 1. The molecule has 18 heavy (non-hydrogen) atoms. The first kappa shape index (κ1) is 13.3. The van der Waals surface area contributed by atoms with Crippen molar-refractivity contribution in [3.05, 3.63) is 24.4 Å². The zero-order valence-electron chi connectivity index (χ0n) is 11.3. The second kappa shape index (κ2) is 6.19. The normalized spacial score (nSPS) is 27.2. The van der Waals surface area contributed by atoms with Crippen molar-refractivity contribution in [2.24, 2.45) is 0 Å². The molecule has 1 heterocycles. The molecule has 3 nitrogen and oxygen atoms in total. The molecule has 0 aromatic rings. The molecule has 0 bridgehead atoms. The van der Waals surface area contributed by atoms with Crippen LogP contribution in [0.15, 0.2) is 24.4 Å². The summed E-state index contributed by atoms with van der Waals surface area (Å²) in [4.78, 5) is 14.6. The van der Waals surface area contributed by atoms with Gasteiger partial charge in [0.1, 0.15) is 0 Å². The van der Waals surface area contributed by atoms with Crippen LogP contribution in [-0.4, -0.2) is 29.9 Å². The van der Waals surface area contributed by atoms with Crippen molar-refractivity contribution < 1.29 is 4.79 Å². The van der Waals surface area contributed by atoms with Gasteiger partial charge in [-0.25, -0.2) is 0 Å². The second-order valence-electron chi connectivity index (χ2n) is 5.29. The fraction of sp³-hybridized carbons (Fsp3) is 0.667. The molecule has 1 aliphatic carbocycles. The van der Waals surface area contributed by atoms with Gasteiger partial charge in [-0.05, 0) is 52.0 Å². The van der Waals surface area contributed by atoms with Gasteiger partial charge in [0.15, 0.2) is 0 Å². The van der Waals surface area contributed by atoms with Crippen LogP contribution in [0.3, 0.4) is 0 Å². The van der Waals surface area contributed by atoms with Gasteiger partial charge in [0, 0.05) is 11.7 Å². The van der Waals surface area contributed by atoms with Crippen LogP contribution in [0, 0.1) is 0 Å². The number of likely N-dealkylation sites (tertiary alicyclic amines) is 1. The Morgan fingerprint density at radius 2 is 1.94 bits per heavy atom. The van der Waals surface area contributed by atoms with Gasteiger partial charge >= 0.3 is 0 Å². The zero-order chi connectivity index (χ0) is 13.0. The maximum absolute atomic E-state index is 12.6. The van der Waals surface area contributed by atoms with E-state index in [2.05, 4.69) is 24.0 Å². The van der Waals surface area contributed by atoms with Crippen molar-refractivity contribution in [3.8, 4) is 0 Å². The maximum atomic E-state index is 12.6. The van der Waals surface area contributed by atoms with E-state index in [1.165, 1.54) is 0 Å². The lowest BCUT2D eigenvalue weighted by molar-refractivity contribution is -0.133. The highest BCUT2D eigenvalue weighted by molar-refractivity contribution is 5.84. The van der Waals surface area contributed by atoms with Gasteiger partial charge in [0.05, 0.1) is 6.04 Å². The second-order valence-corrected chi connectivity index (χ2v) is 5.29. The largest absolute Gasteiger partial charge is 0.312 e. The van der Waals surface area contributed by atoms with Crippen LogP contribution >= 0.6 is 0 Å². The number of nitrogens with one attached hydrogen (secondary N) is 1. The Kier molecular flexibility index (Phi) is 4.59. The molecule has 1 aliphatic heterocycles. The van der Waals surface area contributed by atoms with E-state index in [9.17, 15) is 4.79 Å². The molecule has 3 heteroatoms. The lowest BCUT2D eigenvalue weighted by Crippen LogP contribution is -2.47. The standard InChI is InChI=1S/C15H24N2O/c1-12-8-7-11-14(16-2)15(18)17(12)13-9-5-3-4-6-10-13/h3-4,13-14,16H,1,5-11H2,2H3. The SMILES string of the molecule is C=C1CCCC(NC)C(=O)N1C1CCC=CCC1. The van der Waals surface area contributed by atoms with Crippen LogP contribution in [0.4, 0.5) is 0 Å². The fourth-order valence-corrected chi connectivity index (χ4v) is 3.00. The van der Waals surface area contributed by atoms with Gasteiger partial charge in [0.2, 0.25) is 5.91 Å². The number of hydrogen-bond acceptors (Lipinski definition) is 2. The molecule has 1 unspecified atom stereocenters. The summed E-state index contributed by atoms with van der Waals surface area (Å²) < 4.78 is 0. The summed E-state index contributed by atoms with van der Waals surface area (Å²) in [5, 5.41) is 3.15. The van der Waals surface area contributed by atoms with Crippen LogP contribution in [-0.2, 0) is 4.79 Å². The summed E-state index contributed by atoms with van der Waals surface area (Å²) in [7, 11) is 1.88. The van der Waals surface area contributed by atoms with Crippen molar-refractivity contribution in [3.63, 3.8) is 0 Å². The molecule has 1 N–H and O–H groups in total. The summed E-state index contributed by atoms with van der Waals surface area (Å²) in [6, 6.07) is 0.314. The van der Waals surface area contributed by atoms with E-state index >= 15 is 0 Å². The highest BCUT2D eigenvalue weighted by atomic mass is 16.2. The first-order valence-corrected chi connectivity index (χ1v) is 7.07. The number of rotatable bonds is 2. The minimum atomic E-state index is -0.0273. The molecule has 0 aromatic heterocycles. The number of carbonyl (C=O) groups is 1. The molecule has 1 amide bonds. The Balaban J connectivity index is 2.15. The van der Waals surface area contributed by atoms with E-state index in [-0.39, 0.29) is 11.9 Å². The van der Waals surface area contributed by atoms with Gasteiger partial charge < -0.3 is 10.2 Å². The number of nitrogens with zero attached hydrogens (tertiary/aromatic N) is 1. The van der Waals surface area contributed by atoms with Crippen molar-refractivity contribution in [1.82, 2.24) is 10.2 Å². The zero-order valence-corrected chi connectivity index (χ0v) is 11.3. The van der Waals surface area contributed by atoms with E-state index in [1.54, 1.807) is 0 Å². The highest BCUT2D eigenvalue weighted by Gasteiger charge is 2.32. The van der Waals surface area contributed by atoms with Crippen LogP contribution in [0.5, 0.6) is 0 Å². The number of allylic oxidation sites excluding steroid dienone is 3. The predicted molar refractivity (Wildman–Crippen MR) is 74.1 cm³/mol. The van der Waals surface area contributed by atoms with E-state index < -0.39 is 0 Å². The molecule has 0 radical (unpaired) electrons. The smallest absolute Gasteiger partial charge is 0.244 e. The van der Waals surface area contributed by atoms with E-state index in [0.717, 1.165) is 50.6 Å². The van der Waals surface area contributed by atoms with Gasteiger partial charge in [-0.3, -0.25) is 4.79 Å². The van der Waals surface area contributed by atoms with Crippen LogP contribution in [0.1, 0.15) is 44.9 Å². The van der Waals surface area contributed by atoms with Gasteiger partial charge in [0.25, 0.3) is 0 Å². The molecule has 0 saturated carbocycles. The number of carbonyl (C=O) groups excluding carboxylic acids is 1. The van der Waals surface area contributed by atoms with E-state index in [4.69, 9.17) is 0 Å². The first-order valence-electron chi connectivity index (χ1n) is 7.07. The van der Waals surface area contributed by atoms with Gasteiger partial charge in [-0.1, -0.05) is 18.7 Å². The summed E-state index contributed by atoms with van der Waals surface area (Å²) in [5.41, 5.74) is 1.02. The lowest BCUT2D eigenvalue weighted by Gasteiger charge is -2.33. The minimum Gasteiger partial charge on any atom is -0.312 e. The number of likely N-dealkylation sites (N-methyl/N-ethyl adjacent to an activating group) is 1. The molecular formula is C15H24N2O. The van der Waals surface area contributed by atoms with Crippen LogP contribution < -0.4 is 5.32 Å². The lowest BCUT2D eigenvalue weighted by atomic mass is 10.0. The summed E-state index contributed by atoms with van der Waals surface area (Å²) >= 11 is 0. The van der Waals surface area contributed by atoms with Gasteiger partial charge in [-0.2, -0.15) is 0 Å². The predicted octanol–water partition coefficient (Wildman–Crippen LogP) is 2.60. The summed E-state index contributed by atoms with van der Waals surface area (Å²) in [5.74, 6) is 0.229. The van der Waals surface area contributed by atoms with Crippen LogP contribution in [0.25, 0.3) is 0 Å². The monoisotopic (exact) mass is 248 g/mol. The summed E-state index contributed by atoms with van der Waals surface area (Å²) in [6.45, 7) is 4.14. The van der Waals surface area contributed by atoms with Crippen molar-refractivity contribution >= 4 is 5.91 Å². The van der Waals surface area contributed by atoms with Gasteiger partial charge in [-0.15, -0.1) is 0 Å². The van der Waals surface area contributed by atoms with Crippen LogP contribution in [0.2, 0.25) is 0 Å². The van der Waals surface area contributed by atoms with Crippen molar-refractivity contribution in [2.45, 2.75) is 57.0 Å². The van der Waals surface area contributed by atoms with E-state index in [0.29, 0.717) is 6.04 Å². The third kappa shape index (κ3) is 2.83. The molecular weight excluding hydrogens is 224 g/mol. The Morgan fingerprint density at radius 3 is 2.56 bits per heavy atom. The Bertz CT molecular complexity index is 338. The molecule has 2 aliphatic rings. The Hall–Kier alpha value is -1.09. The number of hydrogen-bond donors (Lipinski definition) is 1. The molecule has 0 aromatic carbocycles. The first-order chi connectivity index (χ1) is 8.74. The average molecular weight is 248 g/mol. The third-order valence-corrected chi connectivity index (χ3v) is 4.05. The maximum Gasteiger partial charge on any atom is 0.244 e. The quantitative estimate of drug-likeness (QED) is 0.762. The van der Waals surface area contributed by atoms with Crippen molar-refractivity contribution in [2.75, 3.05) is 7.05 Å². The summed E-state index contributed by atoms with van der Waals surface area (Å²) in [6.07, 6.45) is 11.7. The topological polar surface area (TPSA) is 32.3 Å². The molecule has 0 spiro atoms. The Morgan fingerprint density at radius 1 is 1.28 bits per heavy atom. The molecule has 100 valence electrons. The highest BCUT2D eigenvalue weighted by Crippen LogP contribution is 2.27. The molecule has 1 fully saturated rings. The fourth-order valence-electron chi connectivity index (χ4n) is 3.00. The molecule has 2 rings (SSSR count). The third-order valence-electron chi connectivity index (χ3n) is 4.05. The molecule has 1 atom stereocenters. The van der Waals surface area contributed by atoms with E-state index in [1.807, 2.05) is 11.9 Å². The molecule has 1 saturated heterocycles. The Labute approximate surface area is 110 Å². The van der Waals surface area contributed by atoms with Crippen molar-refractivity contribution in [1.29, 1.82) is 0 Å². The average Bonchev–Trinajstić information content (AvgIpc) is 2.69. The minimum absolute atomic E-state index is 0.0273.